The molecule has 0 aliphatic carbocycles. The van der Waals surface area contributed by atoms with Crippen LogP contribution in [0.1, 0.15) is 16.9 Å². The first-order chi connectivity index (χ1) is 8.47. The first kappa shape index (κ1) is 14.2. The summed E-state index contributed by atoms with van der Waals surface area (Å²) in [4.78, 5) is 23.8. The molecule has 0 aliphatic rings. The Hall–Kier alpha value is -1.89. The molecule has 0 atom stereocenters. The fourth-order valence-corrected chi connectivity index (χ4v) is 1.65. The van der Waals surface area contributed by atoms with Crippen LogP contribution >= 0.6 is 0 Å². The summed E-state index contributed by atoms with van der Waals surface area (Å²) in [5, 5.41) is 13.6. The third kappa shape index (κ3) is 3.30. The molecule has 0 bridgehead atoms. The van der Waals surface area contributed by atoms with Crippen molar-refractivity contribution < 1.29 is 9.72 Å². The summed E-state index contributed by atoms with van der Waals surface area (Å²) in [6.45, 7) is 1.43. The summed E-state index contributed by atoms with van der Waals surface area (Å²) in [6, 6.07) is 1.30. The van der Waals surface area contributed by atoms with Crippen molar-refractivity contribution >= 4 is 11.6 Å². The van der Waals surface area contributed by atoms with Gasteiger partial charge in [0, 0.05) is 26.7 Å². The van der Waals surface area contributed by atoms with E-state index in [4.69, 9.17) is 0 Å². The quantitative estimate of drug-likeness (QED) is 0.458. The van der Waals surface area contributed by atoms with Crippen LogP contribution in [0, 0.1) is 10.1 Å². The molecule has 7 heteroatoms. The predicted octanol–water partition coefficient (Wildman–Crippen LogP) is 0.615. The zero-order chi connectivity index (χ0) is 13.7. The maximum absolute atomic E-state index is 12.1. The fraction of sp³-hybridized carbons (Fsp3) is 0.545. The van der Waals surface area contributed by atoms with E-state index in [1.54, 1.807) is 19.0 Å². The van der Waals surface area contributed by atoms with Gasteiger partial charge in [0.05, 0.1) is 11.1 Å². The van der Waals surface area contributed by atoms with Gasteiger partial charge in [0.1, 0.15) is 5.69 Å². The molecule has 0 saturated carbocycles. The minimum Gasteiger partial charge on any atom is -0.340 e. The lowest BCUT2D eigenvalue weighted by Crippen LogP contribution is -2.30. The first-order valence-electron chi connectivity index (χ1n) is 5.68. The normalized spacial score (nSPS) is 10.4. The van der Waals surface area contributed by atoms with Crippen LogP contribution in [0.4, 0.5) is 5.69 Å². The van der Waals surface area contributed by atoms with Crippen molar-refractivity contribution in [3.05, 3.63) is 28.1 Å². The standard InChI is InChI=1S/C11H18N4O3/c1-12-5-4-6-13(2)11(16)10-7-9(15(17)18)8-14(10)3/h7-8,12H,4-6H2,1-3H3. The summed E-state index contributed by atoms with van der Waals surface area (Å²) in [5.41, 5.74) is 0.262. The first-order valence-corrected chi connectivity index (χ1v) is 5.68. The summed E-state index contributed by atoms with van der Waals surface area (Å²) in [5.74, 6) is -0.207. The number of nitrogens with zero attached hydrogens (tertiary/aromatic N) is 3. The average Bonchev–Trinajstić information content (AvgIpc) is 2.70. The molecule has 1 N–H and O–H groups in total. The average molecular weight is 254 g/mol. The molecule has 18 heavy (non-hydrogen) atoms. The highest BCUT2D eigenvalue weighted by atomic mass is 16.6. The van der Waals surface area contributed by atoms with Crippen LogP contribution in [0.15, 0.2) is 12.3 Å². The minimum atomic E-state index is -0.502. The summed E-state index contributed by atoms with van der Waals surface area (Å²) >= 11 is 0. The number of nitro groups is 1. The Morgan fingerprint density at radius 2 is 2.28 bits per heavy atom. The lowest BCUT2D eigenvalue weighted by molar-refractivity contribution is -0.384. The van der Waals surface area contributed by atoms with Crippen LogP contribution in [0.3, 0.4) is 0 Å². The Bertz CT molecular complexity index is 441. The number of amides is 1. The van der Waals surface area contributed by atoms with Gasteiger partial charge in [-0.05, 0) is 20.0 Å². The van der Waals surface area contributed by atoms with Gasteiger partial charge in [-0.15, -0.1) is 0 Å². The number of nitrogens with one attached hydrogen (secondary N) is 1. The highest BCUT2D eigenvalue weighted by Gasteiger charge is 2.19. The van der Waals surface area contributed by atoms with Crippen LogP contribution in [-0.4, -0.2) is 47.5 Å². The summed E-state index contributed by atoms with van der Waals surface area (Å²) in [7, 11) is 5.17. The van der Waals surface area contributed by atoms with Gasteiger partial charge in [-0.25, -0.2) is 0 Å². The maximum Gasteiger partial charge on any atom is 0.287 e. The molecule has 0 unspecified atom stereocenters. The molecule has 100 valence electrons. The van der Waals surface area contributed by atoms with Crippen molar-refractivity contribution in [3.8, 4) is 0 Å². The molecular weight excluding hydrogens is 236 g/mol. The Morgan fingerprint density at radius 1 is 1.61 bits per heavy atom. The number of carbonyl (C=O) groups excluding carboxylic acids is 1. The molecule has 1 rings (SSSR count). The second kappa shape index (κ2) is 6.15. The van der Waals surface area contributed by atoms with Crippen molar-refractivity contribution in [1.82, 2.24) is 14.8 Å². The second-order valence-electron chi connectivity index (χ2n) is 4.14. The van der Waals surface area contributed by atoms with Gasteiger partial charge >= 0.3 is 0 Å². The van der Waals surface area contributed by atoms with Crippen molar-refractivity contribution in [1.29, 1.82) is 0 Å². The van der Waals surface area contributed by atoms with Gasteiger partial charge in [0.25, 0.3) is 11.6 Å². The highest BCUT2D eigenvalue weighted by Crippen LogP contribution is 2.16. The fourth-order valence-electron chi connectivity index (χ4n) is 1.65. The molecule has 0 aromatic carbocycles. The van der Waals surface area contributed by atoms with E-state index in [1.807, 2.05) is 7.05 Å². The number of rotatable bonds is 6. The van der Waals surface area contributed by atoms with Crippen molar-refractivity contribution in [2.24, 2.45) is 7.05 Å². The van der Waals surface area contributed by atoms with E-state index in [9.17, 15) is 14.9 Å². The lowest BCUT2D eigenvalue weighted by Gasteiger charge is -2.16. The SMILES string of the molecule is CNCCCN(C)C(=O)c1cc([N+](=O)[O-])cn1C. The number of aryl methyl sites for hydroxylation is 1. The van der Waals surface area contributed by atoms with Gasteiger partial charge < -0.3 is 14.8 Å². The van der Waals surface area contributed by atoms with Crippen molar-refractivity contribution in [2.45, 2.75) is 6.42 Å². The van der Waals surface area contributed by atoms with Crippen LogP contribution in [-0.2, 0) is 7.05 Å². The van der Waals surface area contributed by atoms with Crippen LogP contribution < -0.4 is 5.32 Å². The van der Waals surface area contributed by atoms with Crippen LogP contribution in [0.2, 0.25) is 0 Å². The third-order valence-corrected chi connectivity index (χ3v) is 2.69. The summed E-state index contributed by atoms with van der Waals surface area (Å²) < 4.78 is 1.48. The Morgan fingerprint density at radius 3 is 2.78 bits per heavy atom. The zero-order valence-electron chi connectivity index (χ0n) is 10.8. The van der Waals surface area contributed by atoms with Gasteiger partial charge in [0.15, 0.2) is 0 Å². The Balaban J connectivity index is 2.74. The van der Waals surface area contributed by atoms with Gasteiger partial charge in [-0.1, -0.05) is 0 Å². The lowest BCUT2D eigenvalue weighted by atomic mass is 10.3. The number of carbonyl (C=O) groups is 1. The smallest absolute Gasteiger partial charge is 0.287 e. The maximum atomic E-state index is 12.1. The largest absolute Gasteiger partial charge is 0.340 e. The van der Waals surface area contributed by atoms with Gasteiger partial charge in [-0.3, -0.25) is 14.9 Å². The van der Waals surface area contributed by atoms with E-state index < -0.39 is 4.92 Å². The molecule has 1 aromatic heterocycles. The Kier molecular flexibility index (Phi) is 4.85. The van der Waals surface area contributed by atoms with E-state index in [0.29, 0.717) is 12.2 Å². The Labute approximate surface area is 106 Å². The molecule has 1 amide bonds. The van der Waals surface area contributed by atoms with Crippen molar-refractivity contribution in [2.75, 3.05) is 27.2 Å². The molecule has 7 nitrogen and oxygen atoms in total. The summed E-state index contributed by atoms with van der Waals surface area (Å²) in [6.07, 6.45) is 2.18. The second-order valence-corrected chi connectivity index (χ2v) is 4.14. The topological polar surface area (TPSA) is 80.4 Å². The minimum absolute atomic E-state index is 0.0653. The number of hydrogen-bond acceptors (Lipinski definition) is 4. The monoisotopic (exact) mass is 254 g/mol. The number of hydrogen-bond donors (Lipinski definition) is 1. The molecular formula is C11H18N4O3. The highest BCUT2D eigenvalue weighted by molar-refractivity contribution is 5.93. The molecule has 0 fully saturated rings. The van der Waals surface area contributed by atoms with Gasteiger partial charge in [0.2, 0.25) is 0 Å². The van der Waals surface area contributed by atoms with E-state index in [2.05, 4.69) is 5.32 Å². The molecule has 0 saturated heterocycles. The van der Waals surface area contributed by atoms with Gasteiger partial charge in [-0.2, -0.15) is 0 Å². The molecule has 0 spiro atoms. The van der Waals surface area contributed by atoms with Crippen molar-refractivity contribution in [3.63, 3.8) is 0 Å². The van der Waals surface area contributed by atoms with Crippen LogP contribution in [0.25, 0.3) is 0 Å². The zero-order valence-corrected chi connectivity index (χ0v) is 10.8. The van der Waals surface area contributed by atoms with Crippen LogP contribution in [0.5, 0.6) is 0 Å². The molecule has 0 aliphatic heterocycles. The van der Waals surface area contributed by atoms with E-state index in [0.717, 1.165) is 13.0 Å². The van der Waals surface area contributed by atoms with E-state index >= 15 is 0 Å². The predicted molar refractivity (Wildman–Crippen MR) is 67.6 cm³/mol. The molecule has 1 heterocycles. The molecule has 0 radical (unpaired) electrons. The number of aromatic nitrogens is 1. The van der Waals surface area contributed by atoms with E-state index in [1.165, 1.54) is 16.8 Å². The third-order valence-electron chi connectivity index (χ3n) is 2.69. The van der Waals surface area contributed by atoms with E-state index in [-0.39, 0.29) is 11.6 Å². The molecule has 1 aromatic rings.